The van der Waals surface area contributed by atoms with Gasteiger partial charge >= 0.3 is 0 Å². The Morgan fingerprint density at radius 3 is 2.83 bits per heavy atom. The molecule has 0 saturated carbocycles. The smallest absolute Gasteiger partial charge is 0.271 e. The molecule has 8 heteroatoms. The number of rotatable bonds is 4. The topological polar surface area (TPSA) is 59.8 Å². The van der Waals surface area contributed by atoms with Gasteiger partial charge in [0.25, 0.3) is 5.91 Å². The minimum Gasteiger partial charge on any atom is -0.344 e. The van der Waals surface area contributed by atoms with E-state index in [1.54, 1.807) is 36.4 Å². The number of nitrogens with one attached hydrogen (secondary N) is 1. The number of carbonyl (C=O) groups is 1. The molecule has 2 heterocycles. The van der Waals surface area contributed by atoms with Crippen molar-refractivity contribution in [1.29, 1.82) is 0 Å². The average molecular weight is 348 g/mol. The van der Waals surface area contributed by atoms with Crippen molar-refractivity contribution in [2.75, 3.05) is 0 Å². The fraction of sp³-hybridized carbons (Fsp3) is 0.188. The van der Waals surface area contributed by atoms with Gasteiger partial charge in [0.05, 0.1) is 12.2 Å². The minimum atomic E-state index is -0.697. The zero-order valence-electron chi connectivity index (χ0n) is 13.0. The number of aromatic nitrogens is 3. The van der Waals surface area contributed by atoms with E-state index in [4.69, 9.17) is 0 Å². The van der Waals surface area contributed by atoms with E-state index >= 15 is 0 Å². The van der Waals surface area contributed by atoms with Crippen LogP contribution in [0.2, 0.25) is 0 Å². The number of carbonyl (C=O) groups excluding carboxylic acids is 1. The molecule has 1 aromatic carbocycles. The Bertz CT molecular complexity index is 890. The van der Waals surface area contributed by atoms with Gasteiger partial charge in [-0.3, -0.25) is 9.48 Å². The van der Waals surface area contributed by atoms with Gasteiger partial charge in [0.15, 0.2) is 0 Å². The van der Waals surface area contributed by atoms with E-state index in [1.165, 1.54) is 17.4 Å². The highest BCUT2D eigenvalue weighted by Gasteiger charge is 2.18. The van der Waals surface area contributed by atoms with Crippen LogP contribution in [0.3, 0.4) is 0 Å². The van der Waals surface area contributed by atoms with Crippen molar-refractivity contribution in [1.82, 2.24) is 20.1 Å². The van der Waals surface area contributed by atoms with E-state index < -0.39 is 23.6 Å². The zero-order valence-corrected chi connectivity index (χ0v) is 13.8. The summed E-state index contributed by atoms with van der Waals surface area (Å²) in [7, 11) is 1.80. The highest BCUT2D eigenvalue weighted by atomic mass is 32.1. The number of benzene rings is 1. The molecule has 1 N–H and O–H groups in total. The molecule has 1 atom stereocenters. The lowest BCUT2D eigenvalue weighted by atomic mass is 10.1. The predicted molar refractivity (Wildman–Crippen MR) is 86.6 cm³/mol. The van der Waals surface area contributed by atoms with E-state index in [9.17, 15) is 13.6 Å². The molecular formula is C16H14F2N4OS. The molecule has 0 unspecified atom stereocenters. The maximum absolute atomic E-state index is 13.8. The van der Waals surface area contributed by atoms with Crippen molar-refractivity contribution in [3.8, 4) is 10.6 Å². The first-order valence-corrected chi connectivity index (χ1v) is 8.02. The molecule has 1 amide bonds. The number of aryl methyl sites for hydroxylation is 1. The second kappa shape index (κ2) is 6.48. The Morgan fingerprint density at radius 1 is 1.38 bits per heavy atom. The van der Waals surface area contributed by atoms with Crippen molar-refractivity contribution in [3.63, 3.8) is 0 Å². The van der Waals surface area contributed by atoms with Gasteiger partial charge in [-0.05, 0) is 13.0 Å². The first-order chi connectivity index (χ1) is 11.4. The summed E-state index contributed by atoms with van der Waals surface area (Å²) in [5.74, 6) is -1.77. The van der Waals surface area contributed by atoms with Crippen LogP contribution in [-0.2, 0) is 7.05 Å². The number of hydrogen-bond donors (Lipinski definition) is 1. The quantitative estimate of drug-likeness (QED) is 0.787. The van der Waals surface area contributed by atoms with E-state index in [1.807, 2.05) is 0 Å². The van der Waals surface area contributed by atoms with Crippen LogP contribution >= 0.6 is 11.3 Å². The number of amides is 1. The highest BCUT2D eigenvalue weighted by molar-refractivity contribution is 7.13. The van der Waals surface area contributed by atoms with Gasteiger partial charge in [-0.1, -0.05) is 6.07 Å². The fourth-order valence-corrected chi connectivity index (χ4v) is 3.02. The summed E-state index contributed by atoms with van der Waals surface area (Å²) < 4.78 is 28.4. The Hall–Kier alpha value is -2.61. The lowest BCUT2D eigenvalue weighted by Crippen LogP contribution is -2.27. The van der Waals surface area contributed by atoms with E-state index in [-0.39, 0.29) is 11.3 Å². The predicted octanol–water partition coefficient (Wildman–Crippen LogP) is 3.31. The summed E-state index contributed by atoms with van der Waals surface area (Å²) in [6, 6.07) is 2.66. The van der Waals surface area contributed by atoms with Crippen LogP contribution in [0.5, 0.6) is 0 Å². The summed E-state index contributed by atoms with van der Waals surface area (Å²) in [6.07, 6.45) is 3.47. The van der Waals surface area contributed by atoms with Gasteiger partial charge in [0.2, 0.25) is 0 Å². The third kappa shape index (κ3) is 3.33. The normalized spacial score (nSPS) is 12.2. The highest BCUT2D eigenvalue weighted by Crippen LogP contribution is 2.24. The fourth-order valence-electron chi connectivity index (χ4n) is 2.24. The van der Waals surface area contributed by atoms with Gasteiger partial charge in [0.1, 0.15) is 22.3 Å². The molecule has 0 aliphatic rings. The van der Waals surface area contributed by atoms with Gasteiger partial charge in [-0.2, -0.15) is 5.10 Å². The van der Waals surface area contributed by atoms with Crippen molar-refractivity contribution >= 4 is 17.2 Å². The lowest BCUT2D eigenvalue weighted by Gasteiger charge is -2.14. The van der Waals surface area contributed by atoms with Crippen molar-refractivity contribution in [2.24, 2.45) is 7.05 Å². The molecule has 0 fully saturated rings. The Balaban J connectivity index is 1.74. The number of hydrogen-bond acceptors (Lipinski definition) is 4. The van der Waals surface area contributed by atoms with Crippen LogP contribution in [-0.4, -0.2) is 20.7 Å². The maximum atomic E-state index is 13.8. The molecule has 0 bridgehead atoms. The first kappa shape index (κ1) is 16.3. The molecule has 0 radical (unpaired) electrons. The van der Waals surface area contributed by atoms with Crippen LogP contribution in [0.25, 0.3) is 10.6 Å². The van der Waals surface area contributed by atoms with Crippen LogP contribution in [0.1, 0.15) is 29.0 Å². The summed E-state index contributed by atoms with van der Waals surface area (Å²) >= 11 is 1.32. The van der Waals surface area contributed by atoms with Crippen LogP contribution in [0, 0.1) is 11.6 Å². The molecule has 3 rings (SSSR count). The van der Waals surface area contributed by atoms with Gasteiger partial charge in [-0.15, -0.1) is 11.3 Å². The van der Waals surface area contributed by atoms with Crippen molar-refractivity contribution in [2.45, 2.75) is 13.0 Å². The summed E-state index contributed by atoms with van der Waals surface area (Å²) in [5, 5.41) is 9.03. The molecule has 0 aliphatic carbocycles. The molecule has 2 aromatic heterocycles. The second-order valence-corrected chi connectivity index (χ2v) is 6.16. The molecule has 5 nitrogen and oxygen atoms in total. The Kier molecular flexibility index (Phi) is 4.39. The first-order valence-electron chi connectivity index (χ1n) is 7.14. The molecule has 0 aliphatic heterocycles. The standard InChI is InChI=1S/C16H14F2N4OS/c1-9(12-4-3-11(17)5-13(12)18)20-15(23)14-8-24-16(21-14)10-6-19-22(2)7-10/h3-9H,1-2H3,(H,20,23)/t9-/m0/s1. The monoisotopic (exact) mass is 348 g/mol. The van der Waals surface area contributed by atoms with Crippen LogP contribution in [0.15, 0.2) is 36.0 Å². The van der Waals surface area contributed by atoms with Gasteiger partial charge in [0, 0.05) is 35.8 Å². The average Bonchev–Trinajstić information content (AvgIpc) is 3.15. The van der Waals surface area contributed by atoms with Gasteiger partial charge in [-0.25, -0.2) is 13.8 Å². The number of thiazole rings is 1. The van der Waals surface area contributed by atoms with Crippen molar-refractivity contribution in [3.05, 3.63) is 58.9 Å². The largest absolute Gasteiger partial charge is 0.344 e. The summed E-state index contributed by atoms with van der Waals surface area (Å²) in [6.45, 7) is 1.63. The molecule has 0 saturated heterocycles. The van der Waals surface area contributed by atoms with Gasteiger partial charge < -0.3 is 5.32 Å². The van der Waals surface area contributed by atoms with Crippen LogP contribution < -0.4 is 5.32 Å². The minimum absolute atomic E-state index is 0.215. The van der Waals surface area contributed by atoms with Crippen LogP contribution in [0.4, 0.5) is 8.78 Å². The maximum Gasteiger partial charge on any atom is 0.271 e. The summed E-state index contributed by atoms with van der Waals surface area (Å²) in [5.41, 5.74) is 1.28. The number of halogens is 2. The van der Waals surface area contributed by atoms with E-state index in [0.29, 0.717) is 5.01 Å². The molecule has 3 aromatic rings. The third-order valence-electron chi connectivity index (χ3n) is 3.47. The molecule has 0 spiro atoms. The Labute approximate surface area is 141 Å². The van der Waals surface area contributed by atoms with E-state index in [2.05, 4.69) is 15.4 Å². The summed E-state index contributed by atoms with van der Waals surface area (Å²) in [4.78, 5) is 16.5. The SMILES string of the molecule is C[C@H](NC(=O)c1csc(-c2cnn(C)c2)n1)c1ccc(F)cc1F. The molecular weight excluding hydrogens is 334 g/mol. The third-order valence-corrected chi connectivity index (χ3v) is 4.36. The zero-order chi connectivity index (χ0) is 17.3. The van der Waals surface area contributed by atoms with E-state index in [0.717, 1.165) is 17.7 Å². The second-order valence-electron chi connectivity index (χ2n) is 5.30. The molecule has 124 valence electrons. The lowest BCUT2D eigenvalue weighted by molar-refractivity contribution is 0.0935. The van der Waals surface area contributed by atoms with Crippen molar-refractivity contribution < 1.29 is 13.6 Å². The molecule has 24 heavy (non-hydrogen) atoms. The number of nitrogens with zero attached hydrogens (tertiary/aromatic N) is 3. The Morgan fingerprint density at radius 2 is 2.17 bits per heavy atom.